The molecule has 2 aromatic rings. The van der Waals surface area contributed by atoms with Crippen molar-refractivity contribution in [3.63, 3.8) is 0 Å². The number of hydrogen-bond acceptors (Lipinski definition) is 4. The Morgan fingerprint density at radius 1 is 0.893 bits per heavy atom. The monoisotopic (exact) mass is 380 g/mol. The lowest BCUT2D eigenvalue weighted by molar-refractivity contribution is -0.132. The van der Waals surface area contributed by atoms with E-state index in [0.717, 1.165) is 22.6 Å². The van der Waals surface area contributed by atoms with E-state index in [9.17, 15) is 9.59 Å². The molecule has 4 rings (SSSR count). The third kappa shape index (κ3) is 3.96. The molecule has 0 bridgehead atoms. The average Bonchev–Trinajstić information content (AvgIpc) is 3.20. The molecule has 6 heteroatoms. The Kier molecular flexibility index (Phi) is 5.19. The third-order valence-corrected chi connectivity index (χ3v) is 5.28. The third-order valence-electron chi connectivity index (χ3n) is 5.28. The number of amides is 2. The standard InChI is InChI=1S/C22H24N2O4/c1-16-2-6-18(7-3-16)22(26)24-12-10-23(11-13-24)21(25)9-5-17-4-8-19-20(14-17)28-15-27-19/h2-4,6-8,14H,5,9-13,15H2,1H3. The lowest BCUT2D eigenvalue weighted by Gasteiger charge is -2.35. The molecule has 0 radical (unpaired) electrons. The SMILES string of the molecule is Cc1ccc(C(=O)N2CCN(C(=O)CCc3ccc4c(c3)OCO4)CC2)cc1. The van der Waals surface area contributed by atoms with Crippen molar-refractivity contribution in [2.24, 2.45) is 0 Å². The molecule has 2 amide bonds. The molecule has 28 heavy (non-hydrogen) atoms. The largest absolute Gasteiger partial charge is 0.454 e. The first-order valence-electron chi connectivity index (χ1n) is 9.62. The van der Waals surface area contributed by atoms with Gasteiger partial charge in [0.15, 0.2) is 11.5 Å². The molecule has 0 aromatic heterocycles. The first-order chi connectivity index (χ1) is 13.6. The smallest absolute Gasteiger partial charge is 0.253 e. The van der Waals surface area contributed by atoms with Gasteiger partial charge in [0.2, 0.25) is 12.7 Å². The summed E-state index contributed by atoms with van der Waals surface area (Å²) >= 11 is 0. The van der Waals surface area contributed by atoms with Crippen molar-refractivity contribution in [3.05, 3.63) is 59.2 Å². The van der Waals surface area contributed by atoms with E-state index in [4.69, 9.17) is 9.47 Å². The predicted octanol–water partition coefficient (Wildman–Crippen LogP) is 2.64. The number of nitrogens with zero attached hydrogens (tertiary/aromatic N) is 2. The Bertz CT molecular complexity index is 871. The van der Waals surface area contributed by atoms with E-state index in [0.29, 0.717) is 44.6 Å². The average molecular weight is 380 g/mol. The van der Waals surface area contributed by atoms with E-state index in [1.165, 1.54) is 0 Å². The second kappa shape index (κ2) is 7.92. The van der Waals surface area contributed by atoms with Gasteiger partial charge in [-0.15, -0.1) is 0 Å². The zero-order chi connectivity index (χ0) is 19.5. The van der Waals surface area contributed by atoms with Gasteiger partial charge in [-0.2, -0.15) is 0 Å². The molecule has 0 unspecified atom stereocenters. The minimum absolute atomic E-state index is 0.0347. The minimum atomic E-state index is 0.0347. The molecule has 0 aliphatic carbocycles. The summed E-state index contributed by atoms with van der Waals surface area (Å²) in [5, 5.41) is 0. The molecule has 2 heterocycles. The van der Waals surface area contributed by atoms with E-state index in [1.54, 1.807) is 0 Å². The van der Waals surface area contributed by atoms with Gasteiger partial charge in [0.1, 0.15) is 0 Å². The van der Waals surface area contributed by atoms with Crippen LogP contribution in [0.4, 0.5) is 0 Å². The maximum absolute atomic E-state index is 12.6. The predicted molar refractivity (Wildman–Crippen MR) is 105 cm³/mol. The van der Waals surface area contributed by atoms with E-state index >= 15 is 0 Å². The molecule has 146 valence electrons. The molecule has 2 aromatic carbocycles. The van der Waals surface area contributed by atoms with Gasteiger partial charge in [-0.05, 0) is 43.2 Å². The Labute approximate surface area is 164 Å². The van der Waals surface area contributed by atoms with Crippen LogP contribution in [0, 0.1) is 6.92 Å². The Hall–Kier alpha value is -3.02. The van der Waals surface area contributed by atoms with Crippen molar-refractivity contribution in [2.75, 3.05) is 33.0 Å². The molecule has 1 saturated heterocycles. The van der Waals surface area contributed by atoms with Crippen molar-refractivity contribution < 1.29 is 19.1 Å². The molecule has 0 atom stereocenters. The first-order valence-corrected chi connectivity index (χ1v) is 9.62. The Morgan fingerprint density at radius 2 is 1.57 bits per heavy atom. The molecule has 0 saturated carbocycles. The van der Waals surface area contributed by atoms with Gasteiger partial charge in [0, 0.05) is 38.2 Å². The summed E-state index contributed by atoms with van der Waals surface area (Å²) in [5.41, 5.74) is 2.90. The van der Waals surface area contributed by atoms with Gasteiger partial charge in [-0.25, -0.2) is 0 Å². The number of rotatable bonds is 4. The van der Waals surface area contributed by atoms with Crippen molar-refractivity contribution in [3.8, 4) is 11.5 Å². The molecule has 0 N–H and O–H groups in total. The van der Waals surface area contributed by atoms with Gasteiger partial charge >= 0.3 is 0 Å². The highest BCUT2D eigenvalue weighted by Crippen LogP contribution is 2.32. The van der Waals surface area contributed by atoms with Gasteiger partial charge in [0.25, 0.3) is 5.91 Å². The van der Waals surface area contributed by atoms with Crippen molar-refractivity contribution >= 4 is 11.8 Å². The Balaban J connectivity index is 1.27. The number of fused-ring (bicyclic) bond motifs is 1. The molecule has 0 spiro atoms. The number of carbonyl (C=O) groups excluding carboxylic acids is 2. The van der Waals surface area contributed by atoms with E-state index in [2.05, 4.69) is 0 Å². The highest BCUT2D eigenvalue weighted by molar-refractivity contribution is 5.94. The van der Waals surface area contributed by atoms with Crippen LogP contribution in [0.3, 0.4) is 0 Å². The van der Waals surface area contributed by atoms with Gasteiger partial charge in [-0.1, -0.05) is 23.8 Å². The van der Waals surface area contributed by atoms with Crippen LogP contribution in [0.2, 0.25) is 0 Å². The zero-order valence-electron chi connectivity index (χ0n) is 16.0. The van der Waals surface area contributed by atoms with Crippen LogP contribution in [0.5, 0.6) is 11.5 Å². The normalized spacial score (nSPS) is 15.6. The maximum Gasteiger partial charge on any atom is 0.253 e. The maximum atomic E-state index is 12.6. The van der Waals surface area contributed by atoms with Gasteiger partial charge in [-0.3, -0.25) is 9.59 Å². The highest BCUT2D eigenvalue weighted by Gasteiger charge is 2.24. The quantitative estimate of drug-likeness (QED) is 0.818. The molecule has 2 aliphatic heterocycles. The van der Waals surface area contributed by atoms with E-state index in [-0.39, 0.29) is 18.6 Å². The summed E-state index contributed by atoms with van der Waals surface area (Å²) in [6, 6.07) is 13.4. The first kappa shape index (κ1) is 18.3. The van der Waals surface area contributed by atoms with E-state index in [1.807, 2.05) is 59.2 Å². The molecular weight excluding hydrogens is 356 g/mol. The van der Waals surface area contributed by atoms with E-state index < -0.39 is 0 Å². The fraction of sp³-hybridized carbons (Fsp3) is 0.364. The molecule has 1 fully saturated rings. The second-order valence-electron chi connectivity index (χ2n) is 7.23. The van der Waals surface area contributed by atoms with Gasteiger partial charge < -0.3 is 19.3 Å². The van der Waals surface area contributed by atoms with Crippen molar-refractivity contribution in [1.82, 2.24) is 9.80 Å². The molecule has 2 aliphatic rings. The molecule has 6 nitrogen and oxygen atoms in total. The summed E-state index contributed by atoms with van der Waals surface area (Å²) < 4.78 is 10.7. The number of benzene rings is 2. The van der Waals surface area contributed by atoms with Gasteiger partial charge in [0.05, 0.1) is 0 Å². The summed E-state index contributed by atoms with van der Waals surface area (Å²) in [6.45, 7) is 4.56. The number of aryl methyl sites for hydroxylation is 2. The number of ether oxygens (including phenoxy) is 2. The number of hydrogen-bond donors (Lipinski definition) is 0. The molecular formula is C22H24N2O4. The van der Waals surface area contributed by atoms with Crippen LogP contribution in [0.15, 0.2) is 42.5 Å². The van der Waals surface area contributed by atoms with Crippen LogP contribution in [-0.4, -0.2) is 54.6 Å². The Morgan fingerprint density at radius 3 is 2.32 bits per heavy atom. The summed E-state index contributed by atoms with van der Waals surface area (Å²) in [7, 11) is 0. The zero-order valence-corrected chi connectivity index (χ0v) is 16.0. The van der Waals surface area contributed by atoms with Crippen LogP contribution in [0.25, 0.3) is 0 Å². The summed E-state index contributed by atoms with van der Waals surface area (Å²) in [6.07, 6.45) is 1.11. The van der Waals surface area contributed by atoms with Crippen LogP contribution in [0.1, 0.15) is 27.9 Å². The van der Waals surface area contributed by atoms with Crippen LogP contribution >= 0.6 is 0 Å². The van der Waals surface area contributed by atoms with Crippen molar-refractivity contribution in [1.29, 1.82) is 0 Å². The van der Waals surface area contributed by atoms with Crippen LogP contribution in [-0.2, 0) is 11.2 Å². The lowest BCUT2D eigenvalue weighted by Crippen LogP contribution is -2.50. The minimum Gasteiger partial charge on any atom is -0.454 e. The number of piperazine rings is 1. The second-order valence-corrected chi connectivity index (χ2v) is 7.23. The van der Waals surface area contributed by atoms with Crippen molar-refractivity contribution in [2.45, 2.75) is 19.8 Å². The lowest BCUT2D eigenvalue weighted by atomic mass is 10.1. The fourth-order valence-electron chi connectivity index (χ4n) is 3.54. The highest BCUT2D eigenvalue weighted by atomic mass is 16.7. The summed E-state index contributed by atoms with van der Waals surface area (Å²) in [5.74, 6) is 1.66. The summed E-state index contributed by atoms with van der Waals surface area (Å²) in [4.78, 5) is 28.8. The topological polar surface area (TPSA) is 59.1 Å². The fourth-order valence-corrected chi connectivity index (χ4v) is 3.54. The number of carbonyl (C=O) groups is 2. The van der Waals surface area contributed by atoms with Crippen LogP contribution < -0.4 is 9.47 Å².